The number of nitrogens with zero attached hydrogens (tertiary/aromatic N) is 1. The van der Waals surface area contributed by atoms with Crippen LogP contribution < -0.4 is 15.4 Å². The minimum absolute atomic E-state index is 0.123. The molecular weight excluding hydrogens is 478 g/mol. The number of ether oxygens (including phenoxy) is 1. The van der Waals surface area contributed by atoms with Crippen molar-refractivity contribution in [3.63, 3.8) is 0 Å². The molecule has 7 heteroatoms. The smallest absolute Gasteiger partial charge is 0.274 e. The van der Waals surface area contributed by atoms with Gasteiger partial charge in [0.1, 0.15) is 6.04 Å². The van der Waals surface area contributed by atoms with Crippen LogP contribution in [-0.4, -0.2) is 35.1 Å². The second-order valence-corrected chi connectivity index (χ2v) is 9.96. The third kappa shape index (κ3) is 6.59. The van der Waals surface area contributed by atoms with E-state index in [-0.39, 0.29) is 17.2 Å². The zero-order valence-corrected chi connectivity index (χ0v) is 23.1. The molecule has 2 amide bonds. The molecule has 0 aliphatic rings. The zero-order valence-electron chi connectivity index (χ0n) is 23.1. The number of amides is 2. The molecule has 1 atom stereocenters. The molecule has 0 unspecified atom stereocenters. The van der Waals surface area contributed by atoms with Crippen molar-refractivity contribution in [3.8, 4) is 11.5 Å². The highest BCUT2D eigenvalue weighted by Crippen LogP contribution is 2.31. The van der Waals surface area contributed by atoms with Gasteiger partial charge >= 0.3 is 0 Å². The fourth-order valence-electron chi connectivity index (χ4n) is 4.16. The van der Waals surface area contributed by atoms with Crippen molar-refractivity contribution < 1.29 is 19.4 Å². The Morgan fingerprint density at radius 1 is 0.895 bits per heavy atom. The monoisotopic (exact) mass is 515 g/mol. The van der Waals surface area contributed by atoms with E-state index in [1.54, 1.807) is 6.92 Å². The van der Waals surface area contributed by atoms with Gasteiger partial charge in [-0.25, -0.2) is 4.98 Å². The summed E-state index contributed by atoms with van der Waals surface area (Å²) in [6.45, 7) is 12.0. The Morgan fingerprint density at radius 2 is 1.45 bits per heavy atom. The van der Waals surface area contributed by atoms with Crippen molar-refractivity contribution in [2.24, 2.45) is 0 Å². The van der Waals surface area contributed by atoms with Crippen LogP contribution in [-0.2, 0) is 4.79 Å². The second kappa shape index (κ2) is 12.4. The van der Waals surface area contributed by atoms with Crippen molar-refractivity contribution in [2.45, 2.75) is 59.4 Å². The van der Waals surface area contributed by atoms with E-state index in [0.717, 1.165) is 16.7 Å². The Hall–Kier alpha value is -4.13. The first kappa shape index (κ1) is 28.4. The van der Waals surface area contributed by atoms with Crippen LogP contribution in [0.3, 0.4) is 0 Å². The average Bonchev–Trinajstić information content (AvgIpc) is 2.89. The van der Waals surface area contributed by atoms with Crippen molar-refractivity contribution in [3.05, 3.63) is 94.4 Å². The number of rotatable bonds is 9. The van der Waals surface area contributed by atoms with Gasteiger partial charge < -0.3 is 20.5 Å². The molecule has 3 aromatic rings. The molecule has 0 aliphatic heterocycles. The largest absolute Gasteiger partial charge is 0.503 e. The first-order valence-corrected chi connectivity index (χ1v) is 12.8. The molecule has 0 radical (unpaired) electrons. The van der Waals surface area contributed by atoms with E-state index >= 15 is 0 Å². The van der Waals surface area contributed by atoms with Crippen molar-refractivity contribution in [2.75, 3.05) is 7.11 Å². The van der Waals surface area contributed by atoms with Crippen LogP contribution in [0, 0.1) is 0 Å². The Bertz CT molecular complexity index is 1290. The molecule has 1 heterocycles. The predicted molar refractivity (Wildman–Crippen MR) is 150 cm³/mol. The van der Waals surface area contributed by atoms with Gasteiger partial charge in [0.25, 0.3) is 5.91 Å². The summed E-state index contributed by atoms with van der Waals surface area (Å²) >= 11 is 0. The van der Waals surface area contributed by atoms with Crippen molar-refractivity contribution in [1.82, 2.24) is 15.6 Å². The molecule has 1 aromatic heterocycles. The lowest BCUT2D eigenvalue weighted by Gasteiger charge is -2.20. The summed E-state index contributed by atoms with van der Waals surface area (Å²) in [6.07, 6.45) is 1.36. The Kier molecular flexibility index (Phi) is 9.29. The van der Waals surface area contributed by atoms with E-state index in [0.29, 0.717) is 17.5 Å². The Labute approximate surface area is 225 Å². The van der Waals surface area contributed by atoms with Crippen molar-refractivity contribution in [1.29, 1.82) is 0 Å². The van der Waals surface area contributed by atoms with Crippen LogP contribution >= 0.6 is 0 Å². The molecule has 7 nitrogen and oxygen atoms in total. The number of hydrogen-bond donors (Lipinski definition) is 3. The fraction of sp³-hybridized carbons (Fsp3) is 0.323. The summed E-state index contributed by atoms with van der Waals surface area (Å²) < 4.78 is 5.04. The average molecular weight is 516 g/mol. The van der Waals surface area contributed by atoms with Crippen LogP contribution in [0.5, 0.6) is 11.5 Å². The highest BCUT2D eigenvalue weighted by Gasteiger charge is 2.23. The standard InChI is InChI=1S/C31H37N3O4/c1-18(2)22-10-8-12-24(16-22)27(25-13-9-11-23(17-25)19(3)4)20(5)33-30(36)21(6)34-31(37)28-29(35)26(38-7)14-15-32-28/h8-19,21,35H,1-7H3,(H,33,36)(H,34,37)/t21-/m0/s1. The number of aromatic nitrogens is 1. The summed E-state index contributed by atoms with van der Waals surface area (Å²) in [5, 5.41) is 15.8. The first-order chi connectivity index (χ1) is 18.0. The SMILES string of the molecule is COc1ccnc(C(=O)N[C@@H](C)C(=O)NC(C)=C(c2cccc(C(C)C)c2)c2cccc(C(C)C)c2)c1O. The van der Waals surface area contributed by atoms with Gasteiger partial charge in [0.15, 0.2) is 17.2 Å². The van der Waals surface area contributed by atoms with Crippen LogP contribution in [0.4, 0.5) is 0 Å². The molecule has 0 saturated carbocycles. The Balaban J connectivity index is 1.94. The summed E-state index contributed by atoms with van der Waals surface area (Å²) in [5.41, 5.74) is 5.76. The lowest BCUT2D eigenvalue weighted by molar-refractivity contribution is -0.121. The molecule has 38 heavy (non-hydrogen) atoms. The van der Waals surface area contributed by atoms with E-state index in [1.165, 1.54) is 30.5 Å². The van der Waals surface area contributed by atoms with E-state index in [2.05, 4.69) is 67.6 Å². The molecule has 0 bridgehead atoms. The summed E-state index contributed by atoms with van der Waals surface area (Å²) in [6, 6.07) is 17.2. The number of pyridine rings is 1. The molecule has 0 fully saturated rings. The topological polar surface area (TPSA) is 101 Å². The lowest BCUT2D eigenvalue weighted by atomic mass is 9.90. The third-order valence-electron chi connectivity index (χ3n) is 6.43. The number of nitrogens with one attached hydrogen (secondary N) is 2. The van der Waals surface area contributed by atoms with Gasteiger partial charge in [0.2, 0.25) is 5.91 Å². The van der Waals surface area contributed by atoms with Gasteiger partial charge in [0.05, 0.1) is 7.11 Å². The van der Waals surface area contributed by atoms with Crippen LogP contribution in [0.2, 0.25) is 0 Å². The molecule has 200 valence electrons. The molecule has 0 aliphatic carbocycles. The number of aromatic hydroxyl groups is 1. The molecule has 3 rings (SSSR count). The van der Waals surface area contributed by atoms with Crippen LogP contribution in [0.25, 0.3) is 5.57 Å². The van der Waals surface area contributed by atoms with E-state index < -0.39 is 17.9 Å². The molecule has 0 saturated heterocycles. The number of carbonyl (C=O) groups excluding carboxylic acids is 2. The maximum Gasteiger partial charge on any atom is 0.274 e. The van der Waals surface area contributed by atoms with E-state index in [9.17, 15) is 14.7 Å². The second-order valence-electron chi connectivity index (χ2n) is 9.96. The minimum atomic E-state index is -0.893. The molecule has 3 N–H and O–H groups in total. The van der Waals surface area contributed by atoms with Gasteiger partial charge in [-0.05, 0) is 47.9 Å². The van der Waals surface area contributed by atoms with Gasteiger partial charge in [0, 0.05) is 23.5 Å². The highest BCUT2D eigenvalue weighted by molar-refractivity contribution is 5.99. The third-order valence-corrected chi connectivity index (χ3v) is 6.43. The highest BCUT2D eigenvalue weighted by atomic mass is 16.5. The first-order valence-electron chi connectivity index (χ1n) is 12.8. The summed E-state index contributed by atoms with van der Waals surface area (Å²) in [7, 11) is 1.38. The predicted octanol–water partition coefficient (Wildman–Crippen LogP) is 5.76. The zero-order chi connectivity index (χ0) is 28.0. The molecule has 2 aromatic carbocycles. The van der Waals surface area contributed by atoms with Gasteiger partial charge in [-0.1, -0.05) is 76.2 Å². The number of methoxy groups -OCH3 is 1. The van der Waals surface area contributed by atoms with Crippen LogP contribution in [0.15, 0.2) is 66.5 Å². The summed E-state index contributed by atoms with van der Waals surface area (Å²) in [5.74, 6) is -0.627. The number of hydrogen-bond acceptors (Lipinski definition) is 5. The van der Waals surface area contributed by atoms with Gasteiger partial charge in [-0.2, -0.15) is 0 Å². The van der Waals surface area contributed by atoms with Gasteiger partial charge in [-0.3, -0.25) is 9.59 Å². The van der Waals surface area contributed by atoms with E-state index in [1.807, 2.05) is 31.2 Å². The fourth-order valence-corrected chi connectivity index (χ4v) is 4.16. The van der Waals surface area contributed by atoms with Gasteiger partial charge in [-0.15, -0.1) is 0 Å². The minimum Gasteiger partial charge on any atom is -0.503 e. The maximum absolute atomic E-state index is 13.2. The van der Waals surface area contributed by atoms with Crippen LogP contribution in [0.1, 0.15) is 86.1 Å². The normalized spacial score (nSPS) is 11.7. The summed E-state index contributed by atoms with van der Waals surface area (Å²) in [4.78, 5) is 29.8. The maximum atomic E-state index is 13.2. The van der Waals surface area contributed by atoms with E-state index in [4.69, 9.17) is 4.74 Å². The number of allylic oxidation sites excluding steroid dienone is 1. The quantitative estimate of drug-likeness (QED) is 0.337. The Morgan fingerprint density at radius 3 is 1.95 bits per heavy atom. The molecule has 0 spiro atoms. The van der Waals surface area contributed by atoms with Crippen molar-refractivity contribution >= 4 is 17.4 Å². The number of benzene rings is 2. The molecular formula is C31H37N3O4. The number of carbonyl (C=O) groups is 2. The lowest BCUT2D eigenvalue weighted by Crippen LogP contribution is -2.44.